The molecule has 0 unspecified atom stereocenters. The molecule has 1 aliphatic heterocycles. The van der Waals surface area contributed by atoms with E-state index >= 15 is 0 Å². The first-order valence-electron chi connectivity index (χ1n) is 6.36. The number of fused-ring (bicyclic) bond motifs is 1. The van der Waals surface area contributed by atoms with Crippen LogP contribution >= 0.6 is 0 Å². The zero-order chi connectivity index (χ0) is 14.1. The summed E-state index contributed by atoms with van der Waals surface area (Å²) in [5.74, 6) is 1.08. The third-order valence-corrected chi connectivity index (χ3v) is 3.15. The van der Waals surface area contributed by atoms with E-state index in [1.165, 1.54) is 6.07 Å². The van der Waals surface area contributed by atoms with Crippen LogP contribution in [0.4, 0.5) is 21.5 Å². The first-order chi connectivity index (χ1) is 9.63. The number of nitrogens with two attached hydrogens (primary N) is 1. The number of hydrogen-bond acceptors (Lipinski definition) is 4. The molecule has 0 radical (unpaired) electrons. The van der Waals surface area contributed by atoms with Gasteiger partial charge in [-0.25, -0.2) is 4.39 Å². The number of hydrogen-bond donors (Lipinski definition) is 2. The molecular weight excluding hydrogens is 259 g/mol. The van der Waals surface area contributed by atoms with Gasteiger partial charge < -0.3 is 20.5 Å². The lowest BCUT2D eigenvalue weighted by molar-refractivity contribution is 0.172. The third kappa shape index (κ3) is 2.34. The number of rotatable bonds is 2. The minimum atomic E-state index is -0.231. The van der Waals surface area contributed by atoms with Gasteiger partial charge in [-0.3, -0.25) is 0 Å². The lowest BCUT2D eigenvalue weighted by atomic mass is 10.2. The van der Waals surface area contributed by atoms with Crippen molar-refractivity contribution in [1.29, 1.82) is 0 Å². The summed E-state index contributed by atoms with van der Waals surface area (Å²) in [4.78, 5) is 0. The monoisotopic (exact) mass is 274 g/mol. The van der Waals surface area contributed by atoms with Gasteiger partial charge in [0.05, 0.1) is 11.4 Å². The van der Waals surface area contributed by atoms with E-state index in [0.29, 0.717) is 41.7 Å². The van der Waals surface area contributed by atoms with Crippen LogP contribution < -0.4 is 20.5 Å². The van der Waals surface area contributed by atoms with Crippen LogP contribution in [-0.2, 0) is 0 Å². The number of anilines is 3. The van der Waals surface area contributed by atoms with E-state index in [2.05, 4.69) is 5.32 Å². The topological polar surface area (TPSA) is 56.5 Å². The van der Waals surface area contributed by atoms with Gasteiger partial charge in [-0.2, -0.15) is 0 Å². The Morgan fingerprint density at radius 1 is 1.10 bits per heavy atom. The maximum absolute atomic E-state index is 13.3. The van der Waals surface area contributed by atoms with Crippen LogP contribution in [-0.4, -0.2) is 13.2 Å². The SMILES string of the molecule is Cc1cc(Nc2cc3c(cc2N)OCCO3)ccc1F. The lowest BCUT2D eigenvalue weighted by Gasteiger charge is -2.20. The molecule has 0 amide bonds. The molecule has 1 aliphatic rings. The average molecular weight is 274 g/mol. The molecule has 20 heavy (non-hydrogen) atoms. The summed E-state index contributed by atoms with van der Waals surface area (Å²) in [7, 11) is 0. The van der Waals surface area contributed by atoms with E-state index in [4.69, 9.17) is 15.2 Å². The molecule has 0 atom stereocenters. The quantitative estimate of drug-likeness (QED) is 0.825. The minimum Gasteiger partial charge on any atom is -0.486 e. The maximum Gasteiger partial charge on any atom is 0.163 e. The number of nitrogens with one attached hydrogen (secondary N) is 1. The largest absolute Gasteiger partial charge is 0.486 e. The molecule has 0 bridgehead atoms. The van der Waals surface area contributed by atoms with Crippen molar-refractivity contribution in [1.82, 2.24) is 0 Å². The molecule has 0 aromatic heterocycles. The van der Waals surface area contributed by atoms with E-state index < -0.39 is 0 Å². The van der Waals surface area contributed by atoms with Gasteiger partial charge in [0.2, 0.25) is 0 Å². The Morgan fingerprint density at radius 2 is 1.80 bits per heavy atom. The van der Waals surface area contributed by atoms with Crippen molar-refractivity contribution in [2.45, 2.75) is 6.92 Å². The Balaban J connectivity index is 1.92. The standard InChI is InChI=1S/C15H15FN2O2/c1-9-6-10(2-3-11(9)16)18-13-8-15-14(7-12(13)17)19-4-5-20-15/h2-3,6-8,18H,4-5,17H2,1H3. The van der Waals surface area contributed by atoms with Gasteiger partial charge in [0, 0.05) is 17.8 Å². The summed E-state index contributed by atoms with van der Waals surface area (Å²) in [6.45, 7) is 2.76. The first-order valence-corrected chi connectivity index (χ1v) is 6.36. The van der Waals surface area contributed by atoms with Crippen LogP contribution in [0, 0.1) is 12.7 Å². The van der Waals surface area contributed by atoms with Crippen molar-refractivity contribution in [3.05, 3.63) is 41.7 Å². The van der Waals surface area contributed by atoms with Gasteiger partial charge in [-0.15, -0.1) is 0 Å². The summed E-state index contributed by atoms with van der Waals surface area (Å²) >= 11 is 0. The Bertz CT molecular complexity index is 659. The van der Waals surface area contributed by atoms with E-state index in [-0.39, 0.29) is 5.82 Å². The molecule has 0 saturated heterocycles. The summed E-state index contributed by atoms with van der Waals surface area (Å²) in [6.07, 6.45) is 0. The van der Waals surface area contributed by atoms with Crippen LogP contribution in [0.25, 0.3) is 0 Å². The minimum absolute atomic E-state index is 0.231. The predicted molar refractivity (Wildman–Crippen MR) is 76.3 cm³/mol. The number of ether oxygens (including phenoxy) is 2. The molecule has 0 spiro atoms. The lowest BCUT2D eigenvalue weighted by Crippen LogP contribution is -2.15. The molecule has 3 N–H and O–H groups in total. The van der Waals surface area contributed by atoms with Crippen LogP contribution in [0.15, 0.2) is 30.3 Å². The van der Waals surface area contributed by atoms with Gasteiger partial charge in [0.15, 0.2) is 11.5 Å². The summed E-state index contributed by atoms with van der Waals surface area (Å²) in [5.41, 5.74) is 8.59. The molecule has 0 aliphatic carbocycles. The third-order valence-electron chi connectivity index (χ3n) is 3.15. The smallest absolute Gasteiger partial charge is 0.163 e. The second-order valence-electron chi connectivity index (χ2n) is 4.67. The highest BCUT2D eigenvalue weighted by Gasteiger charge is 2.14. The van der Waals surface area contributed by atoms with Crippen LogP contribution in [0.3, 0.4) is 0 Å². The zero-order valence-corrected chi connectivity index (χ0v) is 11.1. The van der Waals surface area contributed by atoms with Gasteiger partial charge >= 0.3 is 0 Å². The fourth-order valence-electron chi connectivity index (χ4n) is 2.09. The molecular formula is C15H15FN2O2. The van der Waals surface area contributed by atoms with E-state index in [0.717, 1.165) is 5.69 Å². The molecule has 2 aromatic carbocycles. The van der Waals surface area contributed by atoms with Crippen molar-refractivity contribution >= 4 is 17.1 Å². The Labute approximate surface area is 116 Å². The highest BCUT2D eigenvalue weighted by Crippen LogP contribution is 2.38. The maximum atomic E-state index is 13.3. The van der Waals surface area contributed by atoms with Gasteiger partial charge in [0.25, 0.3) is 0 Å². The summed E-state index contributed by atoms with van der Waals surface area (Å²) < 4.78 is 24.2. The van der Waals surface area contributed by atoms with Crippen molar-refractivity contribution in [2.24, 2.45) is 0 Å². The highest BCUT2D eigenvalue weighted by atomic mass is 19.1. The van der Waals surface area contributed by atoms with Crippen LogP contribution in [0.5, 0.6) is 11.5 Å². The van der Waals surface area contributed by atoms with E-state index in [1.807, 2.05) is 0 Å². The van der Waals surface area contributed by atoms with Crippen molar-refractivity contribution in [2.75, 3.05) is 24.3 Å². The van der Waals surface area contributed by atoms with Crippen LogP contribution in [0.1, 0.15) is 5.56 Å². The predicted octanol–water partition coefficient (Wildman–Crippen LogP) is 3.23. The second-order valence-corrected chi connectivity index (χ2v) is 4.67. The van der Waals surface area contributed by atoms with E-state index in [9.17, 15) is 4.39 Å². The van der Waals surface area contributed by atoms with Crippen molar-refractivity contribution in [3.63, 3.8) is 0 Å². The number of nitrogen functional groups attached to an aromatic ring is 1. The van der Waals surface area contributed by atoms with E-state index in [1.54, 1.807) is 31.2 Å². The molecule has 2 aromatic rings. The second kappa shape index (κ2) is 4.92. The number of halogens is 1. The molecule has 104 valence electrons. The number of benzene rings is 2. The zero-order valence-electron chi connectivity index (χ0n) is 11.1. The Hall–Kier alpha value is -2.43. The fourth-order valence-corrected chi connectivity index (χ4v) is 2.09. The fraction of sp³-hybridized carbons (Fsp3) is 0.200. The molecule has 0 saturated carbocycles. The number of aryl methyl sites for hydroxylation is 1. The molecule has 3 rings (SSSR count). The molecule has 4 nitrogen and oxygen atoms in total. The van der Waals surface area contributed by atoms with Gasteiger partial charge in [-0.05, 0) is 30.7 Å². The Kier molecular flexibility index (Phi) is 3.10. The highest BCUT2D eigenvalue weighted by molar-refractivity contribution is 5.76. The van der Waals surface area contributed by atoms with Crippen molar-refractivity contribution < 1.29 is 13.9 Å². The van der Waals surface area contributed by atoms with Crippen LogP contribution in [0.2, 0.25) is 0 Å². The first kappa shape index (κ1) is 12.6. The Morgan fingerprint density at radius 3 is 2.50 bits per heavy atom. The molecule has 5 heteroatoms. The van der Waals surface area contributed by atoms with Gasteiger partial charge in [0.1, 0.15) is 19.0 Å². The summed E-state index contributed by atoms with van der Waals surface area (Å²) in [6, 6.07) is 8.34. The average Bonchev–Trinajstić information content (AvgIpc) is 2.44. The molecule has 0 fully saturated rings. The molecule has 1 heterocycles. The van der Waals surface area contributed by atoms with Gasteiger partial charge in [-0.1, -0.05) is 0 Å². The normalized spacial score (nSPS) is 13.1. The summed E-state index contributed by atoms with van der Waals surface area (Å²) in [5, 5.41) is 3.16. The van der Waals surface area contributed by atoms with Crippen molar-refractivity contribution in [3.8, 4) is 11.5 Å².